The maximum Gasteiger partial charge on any atom is 0.129 e. The number of fused-ring (bicyclic) bond motifs is 5. The van der Waals surface area contributed by atoms with Crippen LogP contribution in [0.5, 0.6) is 0 Å². The van der Waals surface area contributed by atoms with Gasteiger partial charge in [0.05, 0.1) is 10.2 Å². The zero-order valence-corrected chi connectivity index (χ0v) is 23.2. The van der Waals surface area contributed by atoms with E-state index in [0.29, 0.717) is 0 Å². The third-order valence-corrected chi connectivity index (χ3v) is 9.14. The second kappa shape index (κ2) is 10.1. The zero-order chi connectivity index (χ0) is 27.2. The third-order valence-electron chi connectivity index (χ3n) is 8.07. The molecule has 0 amide bonds. The molecule has 2 N–H and O–H groups in total. The monoisotopic (exact) mass is 548 g/mol. The molecule has 0 bridgehead atoms. The Hall–Kier alpha value is -4.58. The Bertz CT molecular complexity index is 1990. The van der Waals surface area contributed by atoms with Gasteiger partial charge >= 0.3 is 0 Å². The maximum atomic E-state index is 5.21. The molecular formula is C36H28N4S. The number of amidine groups is 1. The van der Waals surface area contributed by atoms with Crippen LogP contribution in [0.4, 0.5) is 0 Å². The number of aliphatic imine (C=N–C) groups is 1. The zero-order valence-electron chi connectivity index (χ0n) is 22.4. The van der Waals surface area contributed by atoms with Gasteiger partial charge in [-0.2, -0.15) is 0 Å². The topological polar surface area (TPSA) is 49.3 Å². The summed E-state index contributed by atoms with van der Waals surface area (Å²) >= 11 is 1.76. The fraction of sp³-hybridized carbons (Fsp3) is 0.111. The fourth-order valence-corrected chi connectivity index (χ4v) is 6.95. The molecule has 2 heterocycles. The highest BCUT2D eigenvalue weighted by Gasteiger charge is 2.28. The van der Waals surface area contributed by atoms with E-state index in [-0.39, 0.29) is 18.2 Å². The number of nitrogens with zero attached hydrogens (tertiary/aromatic N) is 2. The molecule has 0 saturated heterocycles. The molecule has 2 aliphatic rings. The van der Waals surface area contributed by atoms with Gasteiger partial charge in [-0.15, -0.1) is 11.3 Å². The molecule has 5 aromatic carbocycles. The summed E-state index contributed by atoms with van der Waals surface area (Å²) in [4.78, 5) is 10.3. The van der Waals surface area contributed by atoms with Gasteiger partial charge in [0.2, 0.25) is 0 Å². The molecule has 41 heavy (non-hydrogen) atoms. The van der Waals surface area contributed by atoms with Gasteiger partial charge in [0.15, 0.2) is 0 Å². The van der Waals surface area contributed by atoms with Crippen molar-refractivity contribution in [1.29, 1.82) is 0 Å². The van der Waals surface area contributed by atoms with Gasteiger partial charge in [0.1, 0.15) is 23.2 Å². The number of rotatable bonds is 4. The predicted octanol–water partition coefficient (Wildman–Crippen LogP) is 8.69. The van der Waals surface area contributed by atoms with Crippen LogP contribution in [0.15, 0.2) is 132 Å². The van der Waals surface area contributed by atoms with Crippen molar-refractivity contribution in [3.05, 3.63) is 139 Å². The number of hydrogen-bond acceptors (Lipinski definition) is 5. The van der Waals surface area contributed by atoms with E-state index >= 15 is 0 Å². The highest BCUT2D eigenvalue weighted by molar-refractivity contribution is 7.21. The van der Waals surface area contributed by atoms with E-state index < -0.39 is 0 Å². The number of nitrogens with one attached hydrogen (secondary N) is 2. The minimum atomic E-state index is -0.157. The van der Waals surface area contributed by atoms with Crippen molar-refractivity contribution >= 4 is 48.9 Å². The quantitative estimate of drug-likeness (QED) is 0.217. The molecule has 4 nitrogen and oxygen atoms in total. The van der Waals surface area contributed by atoms with Crippen molar-refractivity contribution in [2.45, 2.75) is 18.8 Å². The standard InChI is InChI=1S/C36H28N4S/c1-4-10-24(11-5-1)33-38-34(25-12-6-2-7-13-25)40-35(39-33)28-18-20-29-27(22-28)17-16-23-19-21-30-32(31(23)29)37-36(41-30)26-14-8-3-9-15-26/h1-12,14-22,25,33,35,39H,13H2,(H,38,40). The molecule has 3 atom stereocenters. The van der Waals surface area contributed by atoms with Crippen LogP contribution in [0.25, 0.3) is 42.3 Å². The summed E-state index contributed by atoms with van der Waals surface area (Å²) in [5.41, 5.74) is 4.59. The van der Waals surface area contributed by atoms with Crippen LogP contribution in [0.2, 0.25) is 0 Å². The molecule has 1 aliphatic carbocycles. The van der Waals surface area contributed by atoms with Crippen LogP contribution in [-0.4, -0.2) is 10.8 Å². The van der Waals surface area contributed by atoms with Gasteiger partial charge in [-0.1, -0.05) is 115 Å². The molecule has 3 unspecified atom stereocenters. The lowest BCUT2D eigenvalue weighted by molar-refractivity contribution is 0.399. The Balaban J connectivity index is 1.23. The molecule has 0 spiro atoms. The van der Waals surface area contributed by atoms with Gasteiger partial charge in [-0.3, -0.25) is 5.32 Å². The van der Waals surface area contributed by atoms with Gasteiger partial charge in [-0.05, 0) is 45.8 Å². The van der Waals surface area contributed by atoms with Crippen molar-refractivity contribution in [1.82, 2.24) is 15.6 Å². The highest BCUT2D eigenvalue weighted by atomic mass is 32.1. The third kappa shape index (κ3) is 4.44. The minimum Gasteiger partial charge on any atom is -0.354 e. The second-order valence-corrected chi connectivity index (χ2v) is 11.7. The molecule has 0 radical (unpaired) electrons. The first-order valence-corrected chi connectivity index (χ1v) is 14.9. The Kier molecular flexibility index (Phi) is 5.98. The highest BCUT2D eigenvalue weighted by Crippen LogP contribution is 2.38. The van der Waals surface area contributed by atoms with Crippen molar-refractivity contribution in [3.8, 4) is 10.6 Å². The van der Waals surface area contributed by atoms with E-state index in [2.05, 4.69) is 132 Å². The summed E-state index contributed by atoms with van der Waals surface area (Å²) in [5.74, 6) is 1.27. The minimum absolute atomic E-state index is 0.0219. The average molecular weight is 549 g/mol. The Morgan fingerprint density at radius 1 is 0.756 bits per heavy atom. The van der Waals surface area contributed by atoms with E-state index in [9.17, 15) is 0 Å². The summed E-state index contributed by atoms with van der Waals surface area (Å²) < 4.78 is 1.21. The lowest BCUT2D eigenvalue weighted by Crippen LogP contribution is -2.47. The Labute approximate surface area is 242 Å². The normalized spacial score (nSPS) is 20.4. The van der Waals surface area contributed by atoms with Gasteiger partial charge < -0.3 is 5.32 Å². The average Bonchev–Trinajstić information content (AvgIpc) is 3.50. The summed E-state index contributed by atoms with van der Waals surface area (Å²) in [6, 6.07) is 36.7. The first-order valence-electron chi connectivity index (χ1n) is 14.1. The van der Waals surface area contributed by atoms with E-state index in [4.69, 9.17) is 9.98 Å². The van der Waals surface area contributed by atoms with Crippen LogP contribution >= 0.6 is 11.3 Å². The summed E-state index contributed by atoms with van der Waals surface area (Å²) in [6.45, 7) is 0. The molecule has 1 aromatic heterocycles. The predicted molar refractivity (Wildman–Crippen MR) is 172 cm³/mol. The number of aromatic nitrogens is 1. The Morgan fingerprint density at radius 3 is 2.39 bits per heavy atom. The summed E-state index contributed by atoms with van der Waals surface area (Å²) in [6.07, 6.45) is 9.46. The SMILES string of the molecule is C1=CCC(C2=NC(c3ccc4c(ccc5ccc6sc(-c7ccccc7)nc6c54)c3)NC(c3ccccc3)N2)C=C1. The largest absolute Gasteiger partial charge is 0.354 e. The molecule has 0 saturated carbocycles. The summed E-state index contributed by atoms with van der Waals surface area (Å²) in [7, 11) is 0. The lowest BCUT2D eigenvalue weighted by atomic mass is 9.96. The van der Waals surface area contributed by atoms with Crippen LogP contribution in [-0.2, 0) is 0 Å². The first-order chi connectivity index (χ1) is 20.3. The van der Waals surface area contributed by atoms with Crippen LogP contribution in [0, 0.1) is 5.92 Å². The second-order valence-electron chi connectivity index (χ2n) is 10.7. The van der Waals surface area contributed by atoms with Crippen LogP contribution < -0.4 is 10.6 Å². The van der Waals surface area contributed by atoms with Crippen molar-refractivity contribution < 1.29 is 0 Å². The van der Waals surface area contributed by atoms with Gasteiger partial charge in [-0.25, -0.2) is 9.98 Å². The number of allylic oxidation sites excluding steroid dienone is 3. The molecule has 1 aliphatic heterocycles. The van der Waals surface area contributed by atoms with Crippen LogP contribution in [0.1, 0.15) is 29.9 Å². The smallest absolute Gasteiger partial charge is 0.129 e. The number of benzene rings is 5. The number of thiazole rings is 1. The first kappa shape index (κ1) is 24.2. The van der Waals surface area contributed by atoms with E-state index in [0.717, 1.165) is 33.9 Å². The van der Waals surface area contributed by atoms with Gasteiger partial charge in [0.25, 0.3) is 0 Å². The Morgan fingerprint density at radius 2 is 1.56 bits per heavy atom. The molecule has 6 aromatic rings. The van der Waals surface area contributed by atoms with Crippen molar-refractivity contribution in [2.75, 3.05) is 0 Å². The van der Waals surface area contributed by atoms with E-state index in [1.807, 2.05) is 6.07 Å². The van der Waals surface area contributed by atoms with Gasteiger partial charge in [0, 0.05) is 16.9 Å². The van der Waals surface area contributed by atoms with Crippen molar-refractivity contribution in [2.24, 2.45) is 10.9 Å². The van der Waals surface area contributed by atoms with Crippen LogP contribution in [0.3, 0.4) is 0 Å². The van der Waals surface area contributed by atoms with Crippen molar-refractivity contribution in [3.63, 3.8) is 0 Å². The molecule has 8 rings (SSSR count). The maximum absolute atomic E-state index is 5.21. The molecule has 198 valence electrons. The molecule has 5 heteroatoms. The summed E-state index contributed by atoms with van der Waals surface area (Å²) in [5, 5.41) is 13.3. The lowest BCUT2D eigenvalue weighted by Gasteiger charge is -2.34. The molecular weight excluding hydrogens is 520 g/mol. The van der Waals surface area contributed by atoms with E-state index in [1.54, 1.807) is 11.3 Å². The fourth-order valence-electron chi connectivity index (χ4n) is 5.98. The number of hydrogen-bond donors (Lipinski definition) is 2. The van der Waals surface area contributed by atoms with E-state index in [1.165, 1.54) is 31.8 Å². The molecule has 0 fully saturated rings.